The molecule has 7 heteroatoms. The predicted octanol–water partition coefficient (Wildman–Crippen LogP) is 2.95. The maximum Gasteiger partial charge on any atom is 0.257 e. The van der Waals surface area contributed by atoms with Crippen molar-refractivity contribution in [2.45, 2.75) is 58.0 Å². The molecule has 1 aromatic carbocycles. The number of halogens is 1. The van der Waals surface area contributed by atoms with Gasteiger partial charge in [0.15, 0.2) is 12.6 Å². The molecule has 0 spiro atoms. The van der Waals surface area contributed by atoms with Crippen molar-refractivity contribution in [3.8, 4) is 5.75 Å². The zero-order valence-corrected chi connectivity index (χ0v) is 17.8. The second-order valence-corrected chi connectivity index (χ2v) is 6.42. The maximum atomic E-state index is 11.4. The van der Waals surface area contributed by atoms with Gasteiger partial charge < -0.3 is 21.1 Å². The van der Waals surface area contributed by atoms with Gasteiger partial charge in [0.2, 0.25) is 0 Å². The zero-order valence-electron chi connectivity index (χ0n) is 15.5. The molecule has 1 aromatic rings. The highest BCUT2D eigenvalue weighted by Crippen LogP contribution is 2.17. The summed E-state index contributed by atoms with van der Waals surface area (Å²) in [7, 11) is 0. The van der Waals surface area contributed by atoms with Crippen molar-refractivity contribution in [1.82, 2.24) is 10.6 Å². The highest BCUT2D eigenvalue weighted by atomic mass is 127. The summed E-state index contributed by atoms with van der Waals surface area (Å²) in [5.74, 6) is 1.04. The first-order valence-corrected chi connectivity index (χ1v) is 9.22. The first-order chi connectivity index (χ1) is 12.2. The van der Waals surface area contributed by atoms with Crippen LogP contribution in [0.15, 0.2) is 29.3 Å². The van der Waals surface area contributed by atoms with Gasteiger partial charge in [0.05, 0.1) is 6.54 Å². The fourth-order valence-corrected chi connectivity index (χ4v) is 2.99. The van der Waals surface area contributed by atoms with Crippen LogP contribution in [0.4, 0.5) is 0 Å². The third-order valence-electron chi connectivity index (χ3n) is 4.28. The number of hydrogen-bond acceptors (Lipinski definition) is 3. The summed E-state index contributed by atoms with van der Waals surface area (Å²) in [6, 6.07) is 8.04. The first kappa shape index (κ1) is 22.5. The second kappa shape index (κ2) is 12.8. The van der Waals surface area contributed by atoms with Crippen molar-refractivity contribution in [3.05, 3.63) is 29.8 Å². The summed E-state index contributed by atoms with van der Waals surface area (Å²) in [6.07, 6.45) is 7.49. The molecule has 6 nitrogen and oxygen atoms in total. The molecule has 0 heterocycles. The maximum absolute atomic E-state index is 11.4. The Bertz CT molecular complexity index is 572. The molecule has 0 bridgehead atoms. The van der Waals surface area contributed by atoms with Gasteiger partial charge in [0.1, 0.15) is 5.75 Å². The van der Waals surface area contributed by atoms with Gasteiger partial charge in [0, 0.05) is 12.6 Å². The number of aliphatic imine (C=N–C) groups is 1. The number of carbonyl (C=O) groups excluding carboxylic acids is 1. The standard InChI is InChI=1S/C19H30N4O2.HI/c1-2-21-18(24)14-25-17-11-7-8-15(12-17)13-22-19(20)23-16-9-5-3-4-6-10-16;/h7-8,11-12,16H,2-6,9-10,13-14H2,1H3,(H,21,24)(H3,20,22,23);1H. The highest BCUT2D eigenvalue weighted by Gasteiger charge is 2.12. The molecule has 1 amide bonds. The molecular formula is C19H31IN4O2. The topological polar surface area (TPSA) is 88.7 Å². The van der Waals surface area contributed by atoms with Crippen LogP contribution in [0.3, 0.4) is 0 Å². The Kier molecular flexibility index (Phi) is 11.1. The fraction of sp³-hybridized carbons (Fsp3) is 0.579. The number of ether oxygens (including phenoxy) is 1. The van der Waals surface area contributed by atoms with E-state index in [1.165, 1.54) is 38.5 Å². The lowest BCUT2D eigenvalue weighted by Gasteiger charge is -2.16. The van der Waals surface area contributed by atoms with Gasteiger partial charge in [-0.25, -0.2) is 4.99 Å². The van der Waals surface area contributed by atoms with Crippen LogP contribution in [0.25, 0.3) is 0 Å². The molecule has 0 radical (unpaired) electrons. The van der Waals surface area contributed by atoms with E-state index in [1.54, 1.807) is 0 Å². The minimum Gasteiger partial charge on any atom is -0.484 e. The zero-order chi connectivity index (χ0) is 17.9. The Morgan fingerprint density at radius 2 is 2.00 bits per heavy atom. The lowest BCUT2D eigenvalue weighted by atomic mass is 10.1. The molecule has 1 aliphatic rings. The van der Waals surface area contributed by atoms with Crippen molar-refractivity contribution < 1.29 is 9.53 Å². The van der Waals surface area contributed by atoms with Crippen molar-refractivity contribution in [3.63, 3.8) is 0 Å². The fourth-order valence-electron chi connectivity index (χ4n) is 2.99. The smallest absolute Gasteiger partial charge is 0.257 e. The number of amides is 1. The van der Waals surface area contributed by atoms with E-state index in [4.69, 9.17) is 10.5 Å². The molecule has 4 N–H and O–H groups in total. The molecule has 26 heavy (non-hydrogen) atoms. The molecule has 1 aliphatic carbocycles. The molecule has 2 rings (SSSR count). The predicted molar refractivity (Wildman–Crippen MR) is 116 cm³/mol. The van der Waals surface area contributed by atoms with E-state index in [1.807, 2.05) is 31.2 Å². The number of likely N-dealkylation sites (N-methyl/N-ethyl adjacent to an activating group) is 1. The van der Waals surface area contributed by atoms with Crippen LogP contribution >= 0.6 is 24.0 Å². The van der Waals surface area contributed by atoms with Crippen molar-refractivity contribution in [2.75, 3.05) is 13.2 Å². The summed E-state index contributed by atoms with van der Waals surface area (Å²) >= 11 is 0. The molecule has 0 unspecified atom stereocenters. The molecule has 0 atom stereocenters. The lowest BCUT2D eigenvalue weighted by molar-refractivity contribution is -0.122. The van der Waals surface area contributed by atoms with Crippen molar-refractivity contribution in [2.24, 2.45) is 10.7 Å². The molecule has 0 saturated heterocycles. The lowest BCUT2D eigenvalue weighted by Crippen LogP contribution is -2.39. The quantitative estimate of drug-likeness (QED) is 0.246. The van der Waals surface area contributed by atoms with Gasteiger partial charge in [-0.2, -0.15) is 0 Å². The van der Waals surface area contributed by atoms with Gasteiger partial charge in [-0.05, 0) is 37.5 Å². The van der Waals surface area contributed by atoms with Crippen molar-refractivity contribution >= 4 is 35.8 Å². The van der Waals surface area contributed by atoms with E-state index in [0.29, 0.717) is 30.8 Å². The summed E-state index contributed by atoms with van der Waals surface area (Å²) in [4.78, 5) is 15.9. The van der Waals surface area contributed by atoms with Gasteiger partial charge in [-0.1, -0.05) is 37.8 Å². The summed E-state index contributed by atoms with van der Waals surface area (Å²) in [5.41, 5.74) is 7.03. The van der Waals surface area contributed by atoms with E-state index < -0.39 is 0 Å². The normalized spacial score (nSPS) is 15.5. The Labute approximate surface area is 173 Å². The van der Waals surface area contributed by atoms with Gasteiger partial charge in [-0.15, -0.1) is 24.0 Å². The Morgan fingerprint density at radius 3 is 2.69 bits per heavy atom. The molecule has 0 aliphatic heterocycles. The first-order valence-electron chi connectivity index (χ1n) is 9.22. The number of nitrogens with zero attached hydrogens (tertiary/aromatic N) is 1. The number of guanidine groups is 1. The second-order valence-electron chi connectivity index (χ2n) is 6.42. The summed E-state index contributed by atoms with van der Waals surface area (Å²) < 4.78 is 5.50. The number of hydrogen-bond donors (Lipinski definition) is 3. The largest absolute Gasteiger partial charge is 0.484 e. The van der Waals surface area contributed by atoms with Gasteiger partial charge in [-0.3, -0.25) is 4.79 Å². The van der Waals surface area contributed by atoms with E-state index in [-0.39, 0.29) is 36.5 Å². The Hall–Kier alpha value is -1.51. The third kappa shape index (κ3) is 8.73. The number of benzene rings is 1. The highest BCUT2D eigenvalue weighted by molar-refractivity contribution is 14.0. The van der Waals surface area contributed by atoms with Crippen LogP contribution < -0.4 is 21.1 Å². The average Bonchev–Trinajstić information content (AvgIpc) is 2.87. The van der Waals surface area contributed by atoms with Crippen LogP contribution in [0.5, 0.6) is 5.75 Å². The van der Waals surface area contributed by atoms with Gasteiger partial charge >= 0.3 is 0 Å². The molecule has 0 aromatic heterocycles. The molecule has 1 fully saturated rings. The van der Waals surface area contributed by atoms with E-state index in [0.717, 1.165) is 5.56 Å². The number of carbonyl (C=O) groups is 1. The Balaban J connectivity index is 0.00000338. The summed E-state index contributed by atoms with van der Waals surface area (Å²) in [6.45, 7) is 2.99. The van der Waals surface area contributed by atoms with Crippen LogP contribution in [-0.4, -0.2) is 31.1 Å². The average molecular weight is 474 g/mol. The van der Waals surface area contributed by atoms with Gasteiger partial charge in [0.25, 0.3) is 5.91 Å². The number of rotatable bonds is 7. The van der Waals surface area contributed by atoms with E-state index in [2.05, 4.69) is 15.6 Å². The summed E-state index contributed by atoms with van der Waals surface area (Å²) in [5, 5.41) is 6.04. The van der Waals surface area contributed by atoms with E-state index in [9.17, 15) is 4.79 Å². The van der Waals surface area contributed by atoms with E-state index >= 15 is 0 Å². The Morgan fingerprint density at radius 1 is 1.27 bits per heavy atom. The van der Waals surface area contributed by atoms with Crippen LogP contribution in [0, 0.1) is 0 Å². The number of nitrogens with one attached hydrogen (secondary N) is 2. The minimum absolute atomic E-state index is 0. The van der Waals surface area contributed by atoms with Crippen LogP contribution in [0.2, 0.25) is 0 Å². The van der Waals surface area contributed by atoms with Crippen LogP contribution in [0.1, 0.15) is 51.0 Å². The van der Waals surface area contributed by atoms with Crippen LogP contribution in [-0.2, 0) is 11.3 Å². The molecule has 1 saturated carbocycles. The van der Waals surface area contributed by atoms with Crippen molar-refractivity contribution in [1.29, 1.82) is 0 Å². The number of nitrogens with two attached hydrogens (primary N) is 1. The third-order valence-corrected chi connectivity index (χ3v) is 4.28. The molecular weight excluding hydrogens is 443 g/mol. The minimum atomic E-state index is -0.122. The SMILES string of the molecule is CCNC(=O)COc1cccc(CN=C(N)NC2CCCCCC2)c1.I. The monoisotopic (exact) mass is 474 g/mol. The molecule has 146 valence electrons.